The highest BCUT2D eigenvalue weighted by atomic mass is 32.2. The summed E-state index contributed by atoms with van der Waals surface area (Å²) in [4.78, 5) is 30.8. The van der Waals surface area contributed by atoms with Crippen molar-refractivity contribution in [2.75, 3.05) is 11.1 Å². The number of thioether (sulfide) groups is 1. The standard InChI is InChI=1S/C22H19N3O2S2/c1-14-8-6-7-11-16(14)23-19(26)13-28-22-24-17-12-18(15-9-4-3-5-10-15)29-20(17)21(27)25(22)2/h3-12H,13H2,1-2H3,(H,23,26). The van der Waals surface area contributed by atoms with Crippen LogP contribution >= 0.6 is 23.1 Å². The second-order valence-corrected chi connectivity index (χ2v) is 8.60. The van der Waals surface area contributed by atoms with Crippen LogP contribution in [0.4, 0.5) is 5.69 Å². The maximum atomic E-state index is 12.8. The number of anilines is 1. The van der Waals surface area contributed by atoms with Crippen molar-refractivity contribution in [3.8, 4) is 10.4 Å². The fourth-order valence-corrected chi connectivity index (χ4v) is 4.79. The minimum Gasteiger partial charge on any atom is -0.325 e. The normalized spacial score (nSPS) is 11.0. The van der Waals surface area contributed by atoms with Crippen molar-refractivity contribution in [1.29, 1.82) is 0 Å². The van der Waals surface area contributed by atoms with Gasteiger partial charge in [0.15, 0.2) is 5.16 Å². The molecular formula is C22H19N3O2S2. The molecule has 146 valence electrons. The van der Waals surface area contributed by atoms with Crippen LogP contribution in [0.1, 0.15) is 5.56 Å². The van der Waals surface area contributed by atoms with Crippen LogP contribution in [0.15, 0.2) is 70.6 Å². The molecular weight excluding hydrogens is 402 g/mol. The van der Waals surface area contributed by atoms with Gasteiger partial charge in [-0.2, -0.15) is 0 Å². The van der Waals surface area contributed by atoms with Crippen LogP contribution in [0.2, 0.25) is 0 Å². The van der Waals surface area contributed by atoms with Crippen LogP contribution in [0.25, 0.3) is 20.7 Å². The number of rotatable bonds is 5. The van der Waals surface area contributed by atoms with Gasteiger partial charge in [-0.3, -0.25) is 14.2 Å². The molecule has 1 N–H and O–H groups in total. The number of para-hydroxylation sites is 1. The molecule has 4 aromatic rings. The fourth-order valence-electron chi connectivity index (χ4n) is 2.94. The minimum absolute atomic E-state index is 0.0935. The molecule has 0 atom stereocenters. The van der Waals surface area contributed by atoms with Gasteiger partial charge in [-0.05, 0) is 30.2 Å². The van der Waals surface area contributed by atoms with Crippen LogP contribution in [0.3, 0.4) is 0 Å². The molecule has 4 rings (SSSR count). The van der Waals surface area contributed by atoms with Crippen molar-refractivity contribution in [3.63, 3.8) is 0 Å². The van der Waals surface area contributed by atoms with E-state index in [1.54, 1.807) is 7.05 Å². The Morgan fingerprint density at radius 1 is 1.14 bits per heavy atom. The number of hydrogen-bond donors (Lipinski definition) is 1. The van der Waals surface area contributed by atoms with Crippen molar-refractivity contribution < 1.29 is 4.79 Å². The molecule has 0 saturated carbocycles. The Balaban J connectivity index is 1.56. The molecule has 2 aromatic carbocycles. The largest absolute Gasteiger partial charge is 0.325 e. The Morgan fingerprint density at radius 3 is 2.62 bits per heavy atom. The molecule has 0 saturated heterocycles. The lowest BCUT2D eigenvalue weighted by atomic mass is 10.2. The Morgan fingerprint density at radius 2 is 1.86 bits per heavy atom. The molecule has 29 heavy (non-hydrogen) atoms. The highest BCUT2D eigenvalue weighted by Crippen LogP contribution is 2.31. The average molecular weight is 422 g/mol. The van der Waals surface area contributed by atoms with Crippen molar-refractivity contribution in [1.82, 2.24) is 9.55 Å². The molecule has 0 aliphatic heterocycles. The first-order valence-electron chi connectivity index (χ1n) is 9.07. The highest BCUT2D eigenvalue weighted by molar-refractivity contribution is 7.99. The Bertz CT molecular complexity index is 1250. The quantitative estimate of drug-likeness (QED) is 0.375. The van der Waals surface area contributed by atoms with Gasteiger partial charge in [0.2, 0.25) is 5.91 Å². The average Bonchev–Trinajstić information content (AvgIpc) is 3.16. The van der Waals surface area contributed by atoms with Crippen LogP contribution in [-0.4, -0.2) is 21.2 Å². The second-order valence-electron chi connectivity index (χ2n) is 6.60. The van der Waals surface area contributed by atoms with Crippen molar-refractivity contribution in [2.24, 2.45) is 7.05 Å². The fraction of sp³-hybridized carbons (Fsp3) is 0.136. The van der Waals surface area contributed by atoms with E-state index in [0.29, 0.717) is 15.4 Å². The van der Waals surface area contributed by atoms with Gasteiger partial charge in [0.25, 0.3) is 5.56 Å². The van der Waals surface area contributed by atoms with E-state index < -0.39 is 0 Å². The number of thiophene rings is 1. The Labute approximate surface area is 176 Å². The predicted molar refractivity (Wildman–Crippen MR) is 121 cm³/mol. The minimum atomic E-state index is -0.131. The van der Waals surface area contributed by atoms with Crippen LogP contribution in [-0.2, 0) is 11.8 Å². The summed E-state index contributed by atoms with van der Waals surface area (Å²) in [5, 5.41) is 3.43. The third-order valence-corrected chi connectivity index (χ3v) is 6.72. The highest BCUT2D eigenvalue weighted by Gasteiger charge is 2.15. The number of aryl methyl sites for hydroxylation is 1. The second kappa shape index (κ2) is 8.23. The summed E-state index contributed by atoms with van der Waals surface area (Å²) < 4.78 is 2.14. The lowest BCUT2D eigenvalue weighted by molar-refractivity contribution is -0.113. The molecule has 0 bridgehead atoms. The lowest BCUT2D eigenvalue weighted by Crippen LogP contribution is -2.20. The zero-order valence-electron chi connectivity index (χ0n) is 16.0. The number of carbonyl (C=O) groups excluding carboxylic acids is 1. The topological polar surface area (TPSA) is 64.0 Å². The molecule has 1 amide bonds. The van der Waals surface area contributed by atoms with E-state index >= 15 is 0 Å². The SMILES string of the molecule is Cc1ccccc1NC(=O)CSc1nc2cc(-c3ccccc3)sc2c(=O)n1C. The molecule has 7 heteroatoms. The van der Waals surface area contributed by atoms with Gasteiger partial charge < -0.3 is 5.32 Å². The number of nitrogens with zero attached hydrogens (tertiary/aromatic N) is 2. The van der Waals surface area contributed by atoms with Gasteiger partial charge in [-0.25, -0.2) is 4.98 Å². The van der Waals surface area contributed by atoms with Crippen LogP contribution < -0.4 is 10.9 Å². The molecule has 0 spiro atoms. The van der Waals surface area contributed by atoms with E-state index in [2.05, 4.69) is 10.3 Å². The number of benzene rings is 2. The van der Waals surface area contributed by atoms with Gasteiger partial charge in [0, 0.05) is 17.6 Å². The number of amides is 1. The molecule has 5 nitrogen and oxygen atoms in total. The molecule has 0 aliphatic carbocycles. The van der Waals surface area contributed by atoms with E-state index in [4.69, 9.17) is 0 Å². The summed E-state index contributed by atoms with van der Waals surface area (Å²) in [7, 11) is 1.69. The van der Waals surface area contributed by atoms with E-state index in [9.17, 15) is 9.59 Å². The summed E-state index contributed by atoms with van der Waals surface area (Å²) >= 11 is 2.70. The summed E-state index contributed by atoms with van der Waals surface area (Å²) in [5.74, 6) is 0.0458. The first-order chi connectivity index (χ1) is 14.0. The molecule has 2 heterocycles. The van der Waals surface area contributed by atoms with E-state index in [1.165, 1.54) is 27.7 Å². The Kier molecular flexibility index (Phi) is 5.51. The smallest absolute Gasteiger partial charge is 0.271 e. The number of nitrogens with one attached hydrogen (secondary N) is 1. The first kappa shape index (κ1) is 19.4. The van der Waals surface area contributed by atoms with E-state index in [1.807, 2.05) is 67.6 Å². The summed E-state index contributed by atoms with van der Waals surface area (Å²) in [6, 6.07) is 19.5. The molecule has 0 fully saturated rings. The number of fused-ring (bicyclic) bond motifs is 1. The van der Waals surface area contributed by atoms with Gasteiger partial charge in [-0.1, -0.05) is 60.3 Å². The lowest BCUT2D eigenvalue weighted by Gasteiger charge is -2.09. The maximum absolute atomic E-state index is 12.8. The molecule has 2 aromatic heterocycles. The number of carbonyl (C=O) groups is 1. The monoisotopic (exact) mass is 421 g/mol. The van der Waals surface area contributed by atoms with E-state index in [0.717, 1.165) is 21.7 Å². The van der Waals surface area contributed by atoms with Crippen molar-refractivity contribution in [3.05, 3.63) is 76.6 Å². The number of hydrogen-bond acceptors (Lipinski definition) is 5. The van der Waals surface area contributed by atoms with Gasteiger partial charge >= 0.3 is 0 Å². The summed E-state index contributed by atoms with van der Waals surface area (Å²) in [6.07, 6.45) is 0. The first-order valence-corrected chi connectivity index (χ1v) is 10.9. The summed E-state index contributed by atoms with van der Waals surface area (Å²) in [5.41, 5.74) is 3.43. The third kappa shape index (κ3) is 4.11. The Hall–Kier alpha value is -2.90. The van der Waals surface area contributed by atoms with Gasteiger partial charge in [0.05, 0.1) is 11.3 Å². The molecule has 0 aliphatic rings. The molecule has 0 unspecified atom stereocenters. The van der Waals surface area contributed by atoms with Crippen LogP contribution in [0, 0.1) is 6.92 Å². The maximum Gasteiger partial charge on any atom is 0.271 e. The zero-order chi connectivity index (χ0) is 20.4. The van der Waals surface area contributed by atoms with Crippen LogP contribution in [0.5, 0.6) is 0 Å². The summed E-state index contributed by atoms with van der Waals surface area (Å²) in [6.45, 7) is 1.95. The van der Waals surface area contributed by atoms with Gasteiger partial charge in [-0.15, -0.1) is 11.3 Å². The van der Waals surface area contributed by atoms with E-state index in [-0.39, 0.29) is 17.2 Å². The predicted octanol–water partition coefficient (Wildman–Crippen LogP) is 4.70. The van der Waals surface area contributed by atoms with Crippen molar-refractivity contribution in [2.45, 2.75) is 12.1 Å². The zero-order valence-corrected chi connectivity index (χ0v) is 17.6. The van der Waals surface area contributed by atoms with Gasteiger partial charge in [0.1, 0.15) is 4.70 Å². The van der Waals surface area contributed by atoms with Crippen molar-refractivity contribution >= 4 is 44.9 Å². The number of aromatic nitrogens is 2. The molecule has 0 radical (unpaired) electrons. The third-order valence-electron chi connectivity index (χ3n) is 4.52.